The van der Waals surface area contributed by atoms with Crippen LogP contribution < -0.4 is 10.6 Å². The van der Waals surface area contributed by atoms with Crippen molar-refractivity contribution >= 4 is 5.82 Å². The van der Waals surface area contributed by atoms with Crippen molar-refractivity contribution in [2.75, 3.05) is 19.0 Å². The fraction of sp³-hybridized carbons (Fsp3) is 0.545. The van der Waals surface area contributed by atoms with E-state index in [1.807, 2.05) is 31.1 Å². The maximum Gasteiger partial charge on any atom is 0.127 e. The van der Waals surface area contributed by atoms with Crippen LogP contribution in [0.1, 0.15) is 18.4 Å². The predicted octanol–water partition coefficient (Wildman–Crippen LogP) is 0.456. The zero-order chi connectivity index (χ0) is 11.1. The van der Waals surface area contributed by atoms with E-state index in [1.54, 1.807) is 6.20 Å². The lowest BCUT2D eigenvalue weighted by atomic mass is 9.71. The number of hydrogen-bond acceptors (Lipinski definition) is 4. The maximum absolute atomic E-state index is 9.28. The summed E-state index contributed by atoms with van der Waals surface area (Å²) in [6.45, 7) is 0. The summed E-state index contributed by atoms with van der Waals surface area (Å²) in [7, 11) is 3.90. The summed E-state index contributed by atoms with van der Waals surface area (Å²) < 4.78 is 0. The van der Waals surface area contributed by atoms with Gasteiger partial charge in [0.1, 0.15) is 5.82 Å². The van der Waals surface area contributed by atoms with Gasteiger partial charge in [0.05, 0.1) is 6.10 Å². The zero-order valence-corrected chi connectivity index (χ0v) is 9.14. The SMILES string of the molecule is CN(C)c1ccc(C2(N)CC(O)C2)cn1. The normalized spacial score (nSPS) is 29.7. The van der Waals surface area contributed by atoms with E-state index in [0.29, 0.717) is 12.8 Å². The molecule has 15 heavy (non-hydrogen) atoms. The van der Waals surface area contributed by atoms with Gasteiger partial charge in [0.2, 0.25) is 0 Å². The standard InChI is InChI=1S/C11H17N3O/c1-14(2)10-4-3-8(7-13-10)11(12)5-9(15)6-11/h3-4,7,9,15H,5-6,12H2,1-2H3. The number of aliphatic hydroxyl groups excluding tert-OH is 1. The molecule has 3 N–H and O–H groups in total. The minimum atomic E-state index is -0.364. The number of aromatic nitrogens is 1. The Hall–Kier alpha value is -1.13. The third kappa shape index (κ3) is 1.82. The molecule has 1 heterocycles. The highest BCUT2D eigenvalue weighted by Crippen LogP contribution is 2.38. The third-order valence-corrected chi connectivity index (χ3v) is 2.98. The molecule has 1 aromatic heterocycles. The van der Waals surface area contributed by atoms with Gasteiger partial charge in [0, 0.05) is 25.8 Å². The molecule has 4 nitrogen and oxygen atoms in total. The average Bonchev–Trinajstić information content (AvgIpc) is 2.16. The number of pyridine rings is 1. The fourth-order valence-corrected chi connectivity index (χ4v) is 1.96. The highest BCUT2D eigenvalue weighted by molar-refractivity contribution is 5.39. The van der Waals surface area contributed by atoms with Gasteiger partial charge >= 0.3 is 0 Å². The molecule has 0 spiro atoms. The summed E-state index contributed by atoms with van der Waals surface area (Å²) in [5.41, 5.74) is 6.78. The Balaban J connectivity index is 2.17. The highest BCUT2D eigenvalue weighted by atomic mass is 16.3. The summed E-state index contributed by atoms with van der Waals surface area (Å²) in [5, 5.41) is 9.28. The fourth-order valence-electron chi connectivity index (χ4n) is 1.96. The molecular formula is C11H17N3O. The summed E-state index contributed by atoms with van der Waals surface area (Å²) in [5.74, 6) is 0.919. The lowest BCUT2D eigenvalue weighted by Crippen LogP contribution is -2.51. The molecule has 1 aromatic rings. The molecule has 1 fully saturated rings. The second-order valence-corrected chi connectivity index (χ2v) is 4.52. The smallest absolute Gasteiger partial charge is 0.127 e. The number of hydrogen-bond donors (Lipinski definition) is 2. The summed E-state index contributed by atoms with van der Waals surface area (Å²) >= 11 is 0. The molecule has 1 aliphatic carbocycles. The zero-order valence-electron chi connectivity index (χ0n) is 9.14. The van der Waals surface area contributed by atoms with E-state index in [0.717, 1.165) is 11.4 Å². The summed E-state index contributed by atoms with van der Waals surface area (Å²) in [6, 6.07) is 3.95. The molecule has 0 amide bonds. The van der Waals surface area contributed by atoms with Gasteiger partial charge in [-0.05, 0) is 24.5 Å². The van der Waals surface area contributed by atoms with Crippen LogP contribution in [0.4, 0.5) is 5.82 Å². The first kappa shape index (κ1) is 10.4. The van der Waals surface area contributed by atoms with E-state index in [4.69, 9.17) is 5.73 Å². The van der Waals surface area contributed by atoms with Gasteiger partial charge in [-0.1, -0.05) is 6.07 Å². The number of nitrogens with zero attached hydrogens (tertiary/aromatic N) is 2. The van der Waals surface area contributed by atoms with Crippen molar-refractivity contribution in [3.63, 3.8) is 0 Å². The van der Waals surface area contributed by atoms with Crippen molar-refractivity contribution in [3.05, 3.63) is 23.9 Å². The Morgan fingerprint density at radius 3 is 2.53 bits per heavy atom. The van der Waals surface area contributed by atoms with Crippen LogP contribution >= 0.6 is 0 Å². The molecule has 0 radical (unpaired) electrons. The largest absolute Gasteiger partial charge is 0.393 e. The van der Waals surface area contributed by atoms with Gasteiger partial charge in [-0.25, -0.2) is 4.98 Å². The Labute approximate surface area is 89.7 Å². The Kier molecular flexibility index (Phi) is 2.40. The van der Waals surface area contributed by atoms with Crippen molar-refractivity contribution in [2.45, 2.75) is 24.5 Å². The van der Waals surface area contributed by atoms with Crippen molar-refractivity contribution in [2.24, 2.45) is 5.73 Å². The average molecular weight is 207 g/mol. The number of nitrogens with two attached hydrogens (primary N) is 1. The molecular weight excluding hydrogens is 190 g/mol. The van der Waals surface area contributed by atoms with Gasteiger partial charge in [-0.15, -0.1) is 0 Å². The summed E-state index contributed by atoms with van der Waals surface area (Å²) in [4.78, 5) is 6.26. The van der Waals surface area contributed by atoms with E-state index in [9.17, 15) is 5.11 Å². The van der Waals surface area contributed by atoms with Crippen molar-refractivity contribution in [1.82, 2.24) is 4.98 Å². The molecule has 1 aliphatic rings. The molecule has 0 unspecified atom stereocenters. The first-order valence-corrected chi connectivity index (χ1v) is 5.12. The molecule has 0 aromatic carbocycles. The van der Waals surface area contributed by atoms with Crippen LogP contribution in [0.25, 0.3) is 0 Å². The van der Waals surface area contributed by atoms with E-state index in [-0.39, 0.29) is 11.6 Å². The lowest BCUT2D eigenvalue weighted by Gasteiger charge is -2.42. The minimum absolute atomic E-state index is 0.247. The molecule has 0 atom stereocenters. The Morgan fingerprint density at radius 2 is 2.13 bits per heavy atom. The van der Waals surface area contributed by atoms with E-state index < -0.39 is 0 Å². The van der Waals surface area contributed by atoms with Crippen molar-refractivity contribution in [3.8, 4) is 0 Å². The second kappa shape index (κ2) is 3.47. The van der Waals surface area contributed by atoms with Crippen molar-refractivity contribution in [1.29, 1.82) is 0 Å². The quantitative estimate of drug-likeness (QED) is 0.739. The molecule has 0 aliphatic heterocycles. The van der Waals surface area contributed by atoms with E-state index in [1.165, 1.54) is 0 Å². The predicted molar refractivity (Wildman–Crippen MR) is 59.7 cm³/mol. The van der Waals surface area contributed by atoms with Crippen LogP contribution in [0, 0.1) is 0 Å². The maximum atomic E-state index is 9.28. The third-order valence-electron chi connectivity index (χ3n) is 2.98. The van der Waals surface area contributed by atoms with Crippen LogP contribution in [-0.2, 0) is 5.54 Å². The second-order valence-electron chi connectivity index (χ2n) is 4.52. The van der Waals surface area contributed by atoms with Crippen LogP contribution in [-0.4, -0.2) is 30.3 Å². The van der Waals surface area contributed by atoms with Crippen LogP contribution in [0.5, 0.6) is 0 Å². The van der Waals surface area contributed by atoms with Crippen LogP contribution in [0.3, 0.4) is 0 Å². The van der Waals surface area contributed by atoms with Gasteiger partial charge in [-0.2, -0.15) is 0 Å². The van der Waals surface area contributed by atoms with Gasteiger partial charge in [0.25, 0.3) is 0 Å². The summed E-state index contributed by atoms with van der Waals surface area (Å²) in [6.07, 6.45) is 2.83. The van der Waals surface area contributed by atoms with E-state index >= 15 is 0 Å². The number of aliphatic hydroxyl groups is 1. The molecule has 0 bridgehead atoms. The molecule has 2 rings (SSSR count). The highest BCUT2D eigenvalue weighted by Gasteiger charge is 2.41. The molecule has 1 saturated carbocycles. The monoisotopic (exact) mass is 207 g/mol. The molecule has 82 valence electrons. The van der Waals surface area contributed by atoms with Gasteiger partial charge in [0.15, 0.2) is 0 Å². The minimum Gasteiger partial charge on any atom is -0.393 e. The van der Waals surface area contributed by atoms with Gasteiger partial charge < -0.3 is 15.7 Å². The molecule has 4 heteroatoms. The van der Waals surface area contributed by atoms with Crippen LogP contribution in [0.2, 0.25) is 0 Å². The first-order valence-electron chi connectivity index (χ1n) is 5.12. The topological polar surface area (TPSA) is 62.4 Å². The molecule has 0 saturated heterocycles. The first-order chi connectivity index (χ1) is 7.01. The van der Waals surface area contributed by atoms with Gasteiger partial charge in [-0.3, -0.25) is 0 Å². The van der Waals surface area contributed by atoms with Crippen LogP contribution in [0.15, 0.2) is 18.3 Å². The van der Waals surface area contributed by atoms with E-state index in [2.05, 4.69) is 4.98 Å². The number of rotatable bonds is 2. The lowest BCUT2D eigenvalue weighted by molar-refractivity contribution is 0.0208. The Bertz CT molecular complexity index is 341. The number of anilines is 1. The Morgan fingerprint density at radius 1 is 1.47 bits per heavy atom. The van der Waals surface area contributed by atoms with Crippen molar-refractivity contribution < 1.29 is 5.11 Å².